The lowest BCUT2D eigenvalue weighted by molar-refractivity contribution is -0.143. The standard InChI is InChI=1S/C16H26N2O4/c1-3-4-7-17(2)14(19)11-5-8-18(9-6-11)15(20)12-10-13(12)16(21)22/h11-13H,3-10H2,1-2H3,(H,21,22). The summed E-state index contributed by atoms with van der Waals surface area (Å²) >= 11 is 0. The van der Waals surface area contributed by atoms with Gasteiger partial charge in [0.15, 0.2) is 0 Å². The summed E-state index contributed by atoms with van der Waals surface area (Å²) in [6.45, 7) is 4.03. The molecule has 1 heterocycles. The zero-order valence-corrected chi connectivity index (χ0v) is 13.5. The van der Waals surface area contributed by atoms with Crippen LogP contribution in [-0.2, 0) is 14.4 Å². The number of carbonyl (C=O) groups is 3. The number of unbranched alkanes of at least 4 members (excludes halogenated alkanes) is 1. The molecule has 2 unspecified atom stereocenters. The molecule has 6 heteroatoms. The van der Waals surface area contributed by atoms with Crippen molar-refractivity contribution >= 4 is 17.8 Å². The Bertz CT molecular complexity index is 443. The van der Waals surface area contributed by atoms with Crippen molar-refractivity contribution in [2.24, 2.45) is 17.8 Å². The topological polar surface area (TPSA) is 77.9 Å². The molecule has 2 fully saturated rings. The number of carboxylic acids is 1. The average molecular weight is 310 g/mol. The van der Waals surface area contributed by atoms with Gasteiger partial charge in [-0.05, 0) is 25.7 Å². The van der Waals surface area contributed by atoms with Crippen molar-refractivity contribution in [3.05, 3.63) is 0 Å². The fraction of sp³-hybridized carbons (Fsp3) is 0.812. The molecule has 1 N–H and O–H groups in total. The third kappa shape index (κ3) is 3.78. The molecule has 0 spiro atoms. The molecule has 22 heavy (non-hydrogen) atoms. The second kappa shape index (κ2) is 7.11. The number of carbonyl (C=O) groups excluding carboxylic acids is 2. The normalized spacial score (nSPS) is 24.9. The van der Waals surface area contributed by atoms with Crippen molar-refractivity contribution in [3.63, 3.8) is 0 Å². The molecule has 1 aliphatic carbocycles. The lowest BCUT2D eigenvalue weighted by Crippen LogP contribution is -2.44. The van der Waals surface area contributed by atoms with Gasteiger partial charge in [-0.3, -0.25) is 14.4 Å². The van der Waals surface area contributed by atoms with Gasteiger partial charge in [0, 0.05) is 32.6 Å². The molecule has 124 valence electrons. The van der Waals surface area contributed by atoms with Crippen LogP contribution in [0.2, 0.25) is 0 Å². The van der Waals surface area contributed by atoms with E-state index in [4.69, 9.17) is 5.11 Å². The third-order valence-corrected chi connectivity index (χ3v) is 4.80. The average Bonchev–Trinajstić information content (AvgIpc) is 3.32. The highest BCUT2D eigenvalue weighted by atomic mass is 16.4. The smallest absolute Gasteiger partial charge is 0.307 e. The van der Waals surface area contributed by atoms with E-state index in [2.05, 4.69) is 6.92 Å². The highest BCUT2D eigenvalue weighted by Gasteiger charge is 2.50. The largest absolute Gasteiger partial charge is 0.481 e. The minimum Gasteiger partial charge on any atom is -0.481 e. The van der Waals surface area contributed by atoms with Crippen LogP contribution in [0.4, 0.5) is 0 Å². The van der Waals surface area contributed by atoms with Crippen LogP contribution >= 0.6 is 0 Å². The van der Waals surface area contributed by atoms with Crippen LogP contribution in [0.5, 0.6) is 0 Å². The number of nitrogens with zero attached hydrogens (tertiary/aromatic N) is 2. The van der Waals surface area contributed by atoms with E-state index < -0.39 is 11.9 Å². The highest BCUT2D eigenvalue weighted by molar-refractivity contribution is 5.89. The Morgan fingerprint density at radius 2 is 1.82 bits per heavy atom. The molecule has 1 aliphatic heterocycles. The number of hydrogen-bond donors (Lipinski definition) is 1. The van der Waals surface area contributed by atoms with Gasteiger partial charge in [-0.1, -0.05) is 13.3 Å². The Balaban J connectivity index is 1.77. The molecule has 2 atom stereocenters. The molecule has 0 aromatic carbocycles. The SMILES string of the molecule is CCCCN(C)C(=O)C1CCN(C(=O)C2CC2C(=O)O)CC1. The molecule has 1 saturated heterocycles. The van der Waals surface area contributed by atoms with Crippen LogP contribution in [0.1, 0.15) is 39.0 Å². The van der Waals surface area contributed by atoms with Crippen LogP contribution in [0.3, 0.4) is 0 Å². The summed E-state index contributed by atoms with van der Waals surface area (Å²) in [6.07, 6.45) is 3.91. The van der Waals surface area contributed by atoms with Crippen molar-refractivity contribution < 1.29 is 19.5 Å². The predicted molar refractivity (Wildman–Crippen MR) is 81.1 cm³/mol. The van der Waals surface area contributed by atoms with Gasteiger partial charge < -0.3 is 14.9 Å². The summed E-state index contributed by atoms with van der Waals surface area (Å²) in [4.78, 5) is 38.9. The minimum atomic E-state index is -0.874. The number of hydrogen-bond acceptors (Lipinski definition) is 3. The molecular formula is C16H26N2O4. The second-order valence-electron chi connectivity index (χ2n) is 6.50. The lowest BCUT2D eigenvalue weighted by Gasteiger charge is -2.33. The fourth-order valence-electron chi connectivity index (χ4n) is 3.14. The van der Waals surface area contributed by atoms with E-state index in [1.807, 2.05) is 7.05 Å². The summed E-state index contributed by atoms with van der Waals surface area (Å²) in [5.41, 5.74) is 0. The van der Waals surface area contributed by atoms with Crippen LogP contribution in [0, 0.1) is 17.8 Å². The molecule has 6 nitrogen and oxygen atoms in total. The monoisotopic (exact) mass is 310 g/mol. The summed E-state index contributed by atoms with van der Waals surface area (Å²) < 4.78 is 0. The van der Waals surface area contributed by atoms with E-state index in [9.17, 15) is 14.4 Å². The second-order valence-corrected chi connectivity index (χ2v) is 6.50. The van der Waals surface area contributed by atoms with Gasteiger partial charge in [0.1, 0.15) is 0 Å². The zero-order chi connectivity index (χ0) is 16.3. The van der Waals surface area contributed by atoms with Gasteiger partial charge in [-0.2, -0.15) is 0 Å². The Labute approximate surface area is 131 Å². The number of likely N-dealkylation sites (tertiary alicyclic amines) is 1. The summed E-state index contributed by atoms with van der Waals surface area (Å²) in [7, 11) is 1.84. The van der Waals surface area contributed by atoms with E-state index >= 15 is 0 Å². The van der Waals surface area contributed by atoms with Crippen molar-refractivity contribution in [2.45, 2.75) is 39.0 Å². The van der Waals surface area contributed by atoms with Crippen LogP contribution < -0.4 is 0 Å². The first kappa shape index (κ1) is 16.8. The van der Waals surface area contributed by atoms with E-state index in [1.54, 1.807) is 9.80 Å². The van der Waals surface area contributed by atoms with Gasteiger partial charge in [0.05, 0.1) is 11.8 Å². The van der Waals surface area contributed by atoms with E-state index in [-0.39, 0.29) is 23.7 Å². The van der Waals surface area contributed by atoms with E-state index in [0.717, 1.165) is 19.4 Å². The van der Waals surface area contributed by atoms with Crippen molar-refractivity contribution in [3.8, 4) is 0 Å². The molecular weight excluding hydrogens is 284 g/mol. The van der Waals surface area contributed by atoms with Crippen molar-refractivity contribution in [1.29, 1.82) is 0 Å². The molecule has 2 aliphatic rings. The molecule has 1 saturated carbocycles. The van der Waals surface area contributed by atoms with Gasteiger partial charge in [0.2, 0.25) is 11.8 Å². The Morgan fingerprint density at radius 3 is 2.32 bits per heavy atom. The maximum Gasteiger partial charge on any atom is 0.307 e. The summed E-state index contributed by atoms with van der Waals surface area (Å²) in [6, 6.07) is 0. The Kier molecular flexibility index (Phi) is 5.42. The number of amides is 2. The third-order valence-electron chi connectivity index (χ3n) is 4.80. The number of aliphatic carboxylic acids is 1. The van der Waals surface area contributed by atoms with Gasteiger partial charge in [-0.15, -0.1) is 0 Å². The lowest BCUT2D eigenvalue weighted by atomic mass is 9.95. The van der Waals surface area contributed by atoms with Gasteiger partial charge >= 0.3 is 5.97 Å². The number of piperidine rings is 1. The van der Waals surface area contributed by atoms with E-state index in [0.29, 0.717) is 32.4 Å². The van der Waals surface area contributed by atoms with Crippen LogP contribution in [0.15, 0.2) is 0 Å². The zero-order valence-electron chi connectivity index (χ0n) is 13.5. The molecule has 2 rings (SSSR count). The van der Waals surface area contributed by atoms with Crippen molar-refractivity contribution in [2.75, 3.05) is 26.7 Å². The number of carboxylic acid groups (broad SMARTS) is 1. The van der Waals surface area contributed by atoms with E-state index in [1.165, 1.54) is 0 Å². The Hall–Kier alpha value is -1.59. The Morgan fingerprint density at radius 1 is 1.18 bits per heavy atom. The maximum absolute atomic E-state index is 12.3. The molecule has 0 aromatic rings. The van der Waals surface area contributed by atoms with Crippen LogP contribution in [-0.4, -0.2) is 59.4 Å². The maximum atomic E-state index is 12.3. The molecule has 0 bridgehead atoms. The van der Waals surface area contributed by atoms with Gasteiger partial charge in [-0.25, -0.2) is 0 Å². The molecule has 2 amide bonds. The first-order valence-corrected chi connectivity index (χ1v) is 8.22. The highest BCUT2D eigenvalue weighted by Crippen LogP contribution is 2.40. The first-order valence-electron chi connectivity index (χ1n) is 8.22. The number of rotatable bonds is 6. The van der Waals surface area contributed by atoms with Crippen LogP contribution in [0.25, 0.3) is 0 Å². The van der Waals surface area contributed by atoms with Gasteiger partial charge in [0.25, 0.3) is 0 Å². The molecule has 0 aromatic heterocycles. The van der Waals surface area contributed by atoms with Crippen molar-refractivity contribution in [1.82, 2.24) is 9.80 Å². The summed E-state index contributed by atoms with van der Waals surface area (Å²) in [5, 5.41) is 8.90. The minimum absolute atomic E-state index is 0.000352. The quantitative estimate of drug-likeness (QED) is 0.800. The fourth-order valence-corrected chi connectivity index (χ4v) is 3.14. The predicted octanol–water partition coefficient (Wildman–Crippen LogP) is 1.20. The molecule has 0 radical (unpaired) electrons. The summed E-state index contributed by atoms with van der Waals surface area (Å²) in [5.74, 6) is -1.57. The first-order chi connectivity index (χ1) is 10.5.